The molecule has 0 atom stereocenters. The van der Waals surface area contributed by atoms with Crippen LogP contribution in [0.3, 0.4) is 0 Å². The fraction of sp³-hybridized carbons (Fsp3) is 0.182. The van der Waals surface area contributed by atoms with Gasteiger partial charge in [-0.25, -0.2) is 0 Å². The predicted octanol–water partition coefficient (Wildman–Crippen LogP) is 6.32. The lowest BCUT2D eigenvalue weighted by molar-refractivity contribution is -0.384. The molecule has 29 heavy (non-hydrogen) atoms. The van der Waals surface area contributed by atoms with E-state index >= 15 is 0 Å². The van der Waals surface area contributed by atoms with E-state index in [4.69, 9.17) is 23.2 Å². The van der Waals surface area contributed by atoms with Crippen LogP contribution in [0.2, 0.25) is 10.0 Å². The highest BCUT2D eigenvalue weighted by atomic mass is 35.5. The summed E-state index contributed by atoms with van der Waals surface area (Å²) in [6.07, 6.45) is 0.876. The first kappa shape index (κ1) is 19.6. The number of nitro groups is 1. The Bertz CT molecular complexity index is 939. The molecule has 1 aliphatic rings. The average Bonchev–Trinajstić information content (AvgIpc) is 2.74. The number of hydrogen-bond donors (Lipinski definition) is 0. The molecule has 5 nitrogen and oxygen atoms in total. The minimum Gasteiger partial charge on any atom is -0.347 e. The third kappa shape index (κ3) is 4.16. The van der Waals surface area contributed by atoms with Crippen LogP contribution in [0.4, 0.5) is 17.1 Å². The maximum atomic E-state index is 11.1. The van der Waals surface area contributed by atoms with Crippen LogP contribution in [0.5, 0.6) is 0 Å². The van der Waals surface area contributed by atoms with E-state index in [-0.39, 0.29) is 16.8 Å². The minimum absolute atomic E-state index is 0.0839. The summed E-state index contributed by atoms with van der Waals surface area (Å²) in [7, 11) is 0. The summed E-state index contributed by atoms with van der Waals surface area (Å²) >= 11 is 12.2. The van der Waals surface area contributed by atoms with E-state index in [1.807, 2.05) is 60.7 Å². The van der Waals surface area contributed by atoms with Crippen LogP contribution in [0.1, 0.15) is 18.2 Å². The van der Waals surface area contributed by atoms with Crippen LogP contribution >= 0.6 is 23.2 Å². The van der Waals surface area contributed by atoms with Crippen molar-refractivity contribution in [3.05, 3.63) is 98.5 Å². The van der Waals surface area contributed by atoms with Gasteiger partial charge < -0.3 is 9.80 Å². The number of rotatable bonds is 4. The minimum atomic E-state index is -0.376. The lowest BCUT2D eigenvalue weighted by atomic mass is 10.0. The number of nitro benzene ring substituents is 1. The molecule has 0 radical (unpaired) electrons. The molecular formula is C22H19Cl2N3O2. The Morgan fingerprint density at radius 3 is 1.62 bits per heavy atom. The van der Waals surface area contributed by atoms with Gasteiger partial charge in [-0.15, -0.1) is 0 Å². The zero-order chi connectivity index (χ0) is 20.4. The standard InChI is InChI=1S/C22H19Cl2N3O2/c23-17-4-10-19(11-5-17)25-14-1-15-26(20-12-6-18(24)7-13-20)22(25)16-2-8-21(9-3-16)27(28)29/h2-13,22H,1,14-15H2. The number of halogens is 2. The number of hydrogen-bond acceptors (Lipinski definition) is 4. The highest BCUT2D eigenvalue weighted by Crippen LogP contribution is 2.38. The Morgan fingerprint density at radius 2 is 1.21 bits per heavy atom. The molecule has 4 rings (SSSR count). The van der Waals surface area contributed by atoms with Gasteiger partial charge in [0.05, 0.1) is 4.92 Å². The predicted molar refractivity (Wildman–Crippen MR) is 118 cm³/mol. The van der Waals surface area contributed by atoms with Crippen molar-refractivity contribution in [1.82, 2.24) is 0 Å². The van der Waals surface area contributed by atoms with Gasteiger partial charge in [0.1, 0.15) is 6.17 Å². The van der Waals surface area contributed by atoms with Gasteiger partial charge in [0.25, 0.3) is 5.69 Å². The topological polar surface area (TPSA) is 49.6 Å². The second-order valence-electron chi connectivity index (χ2n) is 6.92. The summed E-state index contributed by atoms with van der Waals surface area (Å²) in [5, 5.41) is 12.5. The Kier molecular flexibility index (Phi) is 5.60. The molecule has 1 fully saturated rings. The van der Waals surface area contributed by atoms with E-state index < -0.39 is 0 Å². The molecule has 148 valence electrons. The van der Waals surface area contributed by atoms with Crippen molar-refractivity contribution >= 4 is 40.3 Å². The average molecular weight is 428 g/mol. The monoisotopic (exact) mass is 427 g/mol. The van der Waals surface area contributed by atoms with E-state index in [0.717, 1.165) is 36.4 Å². The molecule has 0 spiro atoms. The molecule has 1 saturated heterocycles. The number of nitrogens with zero attached hydrogens (tertiary/aromatic N) is 3. The fourth-order valence-electron chi connectivity index (χ4n) is 3.76. The largest absolute Gasteiger partial charge is 0.347 e. The molecule has 0 bridgehead atoms. The van der Waals surface area contributed by atoms with Crippen LogP contribution in [0.15, 0.2) is 72.8 Å². The molecular weight excluding hydrogens is 409 g/mol. The summed E-state index contributed by atoms with van der Waals surface area (Å²) in [6, 6.07) is 22.3. The zero-order valence-electron chi connectivity index (χ0n) is 15.5. The van der Waals surface area contributed by atoms with Crippen LogP contribution < -0.4 is 9.80 Å². The maximum absolute atomic E-state index is 11.1. The van der Waals surface area contributed by atoms with Crippen molar-refractivity contribution in [2.24, 2.45) is 0 Å². The SMILES string of the molecule is O=[N+]([O-])c1ccc(C2N(c3ccc(Cl)cc3)CCCN2c2ccc(Cl)cc2)cc1. The van der Waals surface area contributed by atoms with Crippen molar-refractivity contribution in [2.75, 3.05) is 22.9 Å². The van der Waals surface area contributed by atoms with E-state index in [1.54, 1.807) is 12.1 Å². The van der Waals surface area contributed by atoms with Crippen LogP contribution in [0, 0.1) is 10.1 Å². The van der Waals surface area contributed by atoms with Gasteiger partial charge in [0.2, 0.25) is 0 Å². The van der Waals surface area contributed by atoms with Gasteiger partial charge in [-0.2, -0.15) is 0 Å². The van der Waals surface area contributed by atoms with Crippen molar-refractivity contribution in [1.29, 1.82) is 0 Å². The third-order valence-electron chi connectivity index (χ3n) is 5.11. The van der Waals surface area contributed by atoms with Crippen molar-refractivity contribution in [3.63, 3.8) is 0 Å². The van der Waals surface area contributed by atoms with Crippen molar-refractivity contribution < 1.29 is 4.92 Å². The second kappa shape index (κ2) is 8.31. The number of benzene rings is 3. The van der Waals surface area contributed by atoms with E-state index in [0.29, 0.717) is 10.0 Å². The first-order valence-electron chi connectivity index (χ1n) is 9.32. The number of non-ortho nitro benzene ring substituents is 1. The summed E-state index contributed by atoms with van der Waals surface area (Å²) in [4.78, 5) is 15.3. The van der Waals surface area contributed by atoms with Gasteiger partial charge in [-0.3, -0.25) is 10.1 Å². The van der Waals surface area contributed by atoms with Crippen LogP contribution in [-0.4, -0.2) is 18.0 Å². The van der Waals surface area contributed by atoms with Gasteiger partial charge in [0, 0.05) is 46.6 Å². The van der Waals surface area contributed by atoms with Crippen LogP contribution in [-0.2, 0) is 0 Å². The van der Waals surface area contributed by atoms with Gasteiger partial charge >= 0.3 is 0 Å². The lowest BCUT2D eigenvalue weighted by Crippen LogP contribution is -2.48. The van der Waals surface area contributed by atoms with Crippen molar-refractivity contribution in [3.8, 4) is 0 Å². The second-order valence-corrected chi connectivity index (χ2v) is 7.79. The van der Waals surface area contributed by atoms with Gasteiger partial charge in [-0.05, 0) is 72.6 Å². The Balaban J connectivity index is 1.78. The highest BCUT2D eigenvalue weighted by Gasteiger charge is 2.31. The molecule has 7 heteroatoms. The third-order valence-corrected chi connectivity index (χ3v) is 5.61. The zero-order valence-corrected chi connectivity index (χ0v) is 17.1. The first-order valence-corrected chi connectivity index (χ1v) is 10.1. The van der Waals surface area contributed by atoms with Crippen LogP contribution in [0.25, 0.3) is 0 Å². The summed E-state index contributed by atoms with van der Waals surface area (Å²) in [5.74, 6) is 0. The Labute approximate surface area is 179 Å². The summed E-state index contributed by atoms with van der Waals surface area (Å²) in [5.41, 5.74) is 3.17. The molecule has 1 heterocycles. The lowest BCUT2D eigenvalue weighted by Gasteiger charge is -2.46. The molecule has 1 aliphatic heterocycles. The molecule has 0 aromatic heterocycles. The molecule has 0 aliphatic carbocycles. The van der Waals surface area contributed by atoms with Gasteiger partial charge in [0.15, 0.2) is 0 Å². The molecule has 3 aromatic rings. The normalized spacial score (nSPS) is 14.8. The molecule has 0 N–H and O–H groups in total. The molecule has 3 aromatic carbocycles. The van der Waals surface area contributed by atoms with Gasteiger partial charge in [-0.1, -0.05) is 23.2 Å². The van der Waals surface area contributed by atoms with E-state index in [1.165, 1.54) is 0 Å². The fourth-order valence-corrected chi connectivity index (χ4v) is 4.01. The highest BCUT2D eigenvalue weighted by molar-refractivity contribution is 6.30. The summed E-state index contributed by atoms with van der Waals surface area (Å²) < 4.78 is 0. The van der Waals surface area contributed by atoms with Crippen molar-refractivity contribution in [2.45, 2.75) is 12.6 Å². The summed E-state index contributed by atoms with van der Waals surface area (Å²) in [6.45, 7) is 1.74. The smallest absolute Gasteiger partial charge is 0.269 e. The maximum Gasteiger partial charge on any atom is 0.269 e. The Hall–Kier alpha value is -2.76. The molecule has 0 saturated carbocycles. The first-order chi connectivity index (χ1) is 14.0. The Morgan fingerprint density at radius 1 is 0.759 bits per heavy atom. The van der Waals surface area contributed by atoms with E-state index in [2.05, 4.69) is 9.80 Å². The number of anilines is 2. The molecule has 0 unspecified atom stereocenters. The van der Waals surface area contributed by atoms with E-state index in [9.17, 15) is 10.1 Å². The quantitative estimate of drug-likeness (QED) is 0.361. The molecule has 0 amide bonds.